The van der Waals surface area contributed by atoms with E-state index >= 15 is 0 Å². The summed E-state index contributed by atoms with van der Waals surface area (Å²) in [7, 11) is 3.79. The summed E-state index contributed by atoms with van der Waals surface area (Å²) >= 11 is 0. The number of H-pyrrole nitrogens is 1. The van der Waals surface area contributed by atoms with Crippen LogP contribution in [-0.4, -0.2) is 63.3 Å². The number of benzene rings is 1. The summed E-state index contributed by atoms with van der Waals surface area (Å²) in [6, 6.07) is 8.39. The summed E-state index contributed by atoms with van der Waals surface area (Å²) in [4.78, 5) is 15.0. The van der Waals surface area contributed by atoms with Crippen molar-refractivity contribution in [3.05, 3.63) is 36.7 Å². The smallest absolute Gasteiger partial charge is 0.228 e. The molecule has 3 aromatic heterocycles. The summed E-state index contributed by atoms with van der Waals surface area (Å²) in [5.74, 6) is 1.16. The van der Waals surface area contributed by atoms with E-state index in [1.54, 1.807) is 13.3 Å². The highest BCUT2D eigenvalue weighted by molar-refractivity contribution is 5.99. The predicted molar refractivity (Wildman–Crippen MR) is 113 cm³/mol. The van der Waals surface area contributed by atoms with Crippen molar-refractivity contribution in [3.63, 3.8) is 0 Å². The summed E-state index contributed by atoms with van der Waals surface area (Å²) in [5, 5.41) is 13.5. The Kier molecular flexibility index (Phi) is 4.48. The average molecular weight is 389 g/mol. The highest BCUT2D eigenvalue weighted by Crippen LogP contribution is 2.35. The minimum absolute atomic E-state index is 0.340. The van der Waals surface area contributed by atoms with E-state index in [1.807, 2.05) is 24.4 Å². The van der Waals surface area contributed by atoms with Crippen LogP contribution in [0.25, 0.3) is 33.1 Å². The van der Waals surface area contributed by atoms with Crippen molar-refractivity contribution in [1.82, 2.24) is 30.0 Å². The average Bonchev–Trinajstić information content (AvgIpc) is 3.17. The first-order valence-corrected chi connectivity index (χ1v) is 9.81. The number of piperidine rings is 1. The standard InChI is InChI=1S/C21H23N7O/c1-28-9-3-4-15(12-28)24-21-25-19-18(20(26-21)29-2)16(11-22-19)13-5-6-17-14(10-13)7-8-23-27-17/h5-8,10-11,15H,3-4,9,12H2,1-2H3,(H2,22,24,25,26)/t15-/m1/s1. The number of rotatable bonds is 4. The van der Waals surface area contributed by atoms with Gasteiger partial charge in [0.25, 0.3) is 0 Å². The molecule has 1 aliphatic rings. The summed E-state index contributed by atoms with van der Waals surface area (Å²) in [5.41, 5.74) is 3.67. The fourth-order valence-electron chi connectivity index (χ4n) is 4.06. The van der Waals surface area contributed by atoms with E-state index in [9.17, 15) is 0 Å². The lowest BCUT2D eigenvalue weighted by molar-refractivity contribution is 0.260. The van der Waals surface area contributed by atoms with E-state index in [0.29, 0.717) is 17.9 Å². The van der Waals surface area contributed by atoms with Crippen molar-refractivity contribution in [3.8, 4) is 17.0 Å². The molecule has 0 spiro atoms. The lowest BCUT2D eigenvalue weighted by Gasteiger charge is -2.30. The van der Waals surface area contributed by atoms with Gasteiger partial charge in [0.05, 0.1) is 24.2 Å². The molecule has 4 heterocycles. The van der Waals surface area contributed by atoms with Crippen LogP contribution in [0.15, 0.2) is 36.7 Å². The Balaban J connectivity index is 1.54. The third-order valence-electron chi connectivity index (χ3n) is 5.47. The maximum atomic E-state index is 5.64. The molecule has 29 heavy (non-hydrogen) atoms. The van der Waals surface area contributed by atoms with Crippen molar-refractivity contribution in [1.29, 1.82) is 0 Å². The molecule has 0 radical (unpaired) electrons. The van der Waals surface area contributed by atoms with Gasteiger partial charge in [-0.05, 0) is 50.2 Å². The lowest BCUT2D eigenvalue weighted by atomic mass is 10.0. The number of aromatic amines is 1. The molecule has 148 valence electrons. The molecule has 5 rings (SSSR count). The second kappa shape index (κ2) is 7.29. The van der Waals surface area contributed by atoms with Crippen molar-refractivity contribution in [2.75, 3.05) is 32.6 Å². The zero-order chi connectivity index (χ0) is 19.8. The fraction of sp³-hybridized carbons (Fsp3) is 0.333. The maximum Gasteiger partial charge on any atom is 0.228 e. The van der Waals surface area contributed by atoms with Gasteiger partial charge in [0.1, 0.15) is 5.65 Å². The summed E-state index contributed by atoms with van der Waals surface area (Å²) < 4.78 is 5.64. The fourth-order valence-corrected chi connectivity index (χ4v) is 4.06. The Hall–Kier alpha value is -3.26. The Morgan fingerprint density at radius 2 is 2.17 bits per heavy atom. The zero-order valence-corrected chi connectivity index (χ0v) is 16.5. The van der Waals surface area contributed by atoms with Crippen LogP contribution in [0.2, 0.25) is 0 Å². The van der Waals surface area contributed by atoms with E-state index in [4.69, 9.17) is 9.72 Å². The van der Waals surface area contributed by atoms with Crippen LogP contribution in [0.3, 0.4) is 0 Å². The van der Waals surface area contributed by atoms with Crippen LogP contribution >= 0.6 is 0 Å². The highest BCUT2D eigenvalue weighted by Gasteiger charge is 2.20. The van der Waals surface area contributed by atoms with Gasteiger partial charge in [0.15, 0.2) is 0 Å². The molecule has 4 aromatic rings. The molecule has 0 aliphatic carbocycles. The van der Waals surface area contributed by atoms with Crippen LogP contribution in [-0.2, 0) is 0 Å². The van der Waals surface area contributed by atoms with Gasteiger partial charge in [-0.2, -0.15) is 20.2 Å². The number of aromatic nitrogens is 5. The molecule has 1 aromatic carbocycles. The number of nitrogens with one attached hydrogen (secondary N) is 2. The molecule has 0 unspecified atom stereocenters. The predicted octanol–water partition coefficient (Wildman–Crippen LogP) is 3.08. The summed E-state index contributed by atoms with van der Waals surface area (Å²) in [6.45, 7) is 2.12. The first-order valence-electron chi connectivity index (χ1n) is 9.81. The van der Waals surface area contributed by atoms with Gasteiger partial charge in [-0.1, -0.05) is 6.07 Å². The number of hydrogen-bond acceptors (Lipinski definition) is 7. The number of anilines is 1. The number of likely N-dealkylation sites (tertiary alicyclic amines) is 1. The van der Waals surface area contributed by atoms with Crippen LogP contribution in [0.5, 0.6) is 5.88 Å². The third kappa shape index (κ3) is 3.36. The topological polar surface area (TPSA) is 91.8 Å². The Labute approximate surface area is 168 Å². The Bertz CT molecular complexity index is 1170. The van der Waals surface area contributed by atoms with Gasteiger partial charge in [-0.15, -0.1) is 0 Å². The molecule has 2 N–H and O–H groups in total. The van der Waals surface area contributed by atoms with Crippen LogP contribution in [0.1, 0.15) is 12.8 Å². The molecule has 1 fully saturated rings. The summed E-state index contributed by atoms with van der Waals surface area (Å²) in [6.07, 6.45) is 5.94. The first kappa shape index (κ1) is 17.8. The largest absolute Gasteiger partial charge is 0.480 e. The lowest BCUT2D eigenvalue weighted by Crippen LogP contribution is -2.40. The molecule has 0 amide bonds. The molecule has 8 nitrogen and oxygen atoms in total. The molecule has 8 heteroatoms. The molecule has 1 atom stereocenters. The first-order chi connectivity index (χ1) is 14.2. The van der Waals surface area contributed by atoms with Crippen molar-refractivity contribution in [2.45, 2.75) is 18.9 Å². The number of methoxy groups -OCH3 is 1. The van der Waals surface area contributed by atoms with Gasteiger partial charge in [0, 0.05) is 29.7 Å². The number of fused-ring (bicyclic) bond motifs is 2. The van der Waals surface area contributed by atoms with E-state index in [0.717, 1.165) is 52.6 Å². The second-order valence-electron chi connectivity index (χ2n) is 7.53. The maximum absolute atomic E-state index is 5.64. The van der Waals surface area contributed by atoms with E-state index in [2.05, 4.69) is 43.5 Å². The van der Waals surface area contributed by atoms with E-state index in [1.165, 1.54) is 6.42 Å². The number of nitrogens with zero attached hydrogens (tertiary/aromatic N) is 5. The van der Waals surface area contributed by atoms with Crippen LogP contribution in [0, 0.1) is 0 Å². The van der Waals surface area contributed by atoms with Crippen molar-refractivity contribution in [2.24, 2.45) is 0 Å². The minimum Gasteiger partial charge on any atom is -0.480 e. The molecule has 1 saturated heterocycles. The van der Waals surface area contributed by atoms with Gasteiger partial charge < -0.3 is 19.9 Å². The van der Waals surface area contributed by atoms with E-state index in [-0.39, 0.29) is 0 Å². The van der Waals surface area contributed by atoms with Gasteiger partial charge >= 0.3 is 0 Å². The van der Waals surface area contributed by atoms with Gasteiger partial charge in [-0.3, -0.25) is 0 Å². The normalized spacial score (nSPS) is 17.7. The van der Waals surface area contributed by atoms with Crippen molar-refractivity contribution >= 4 is 27.9 Å². The molecular weight excluding hydrogens is 366 g/mol. The Morgan fingerprint density at radius 3 is 3.03 bits per heavy atom. The van der Waals surface area contributed by atoms with Crippen LogP contribution in [0.4, 0.5) is 5.95 Å². The minimum atomic E-state index is 0.340. The number of likely N-dealkylation sites (N-methyl/N-ethyl adjacent to an activating group) is 1. The zero-order valence-electron chi connectivity index (χ0n) is 16.5. The quantitative estimate of drug-likeness (QED) is 0.554. The Morgan fingerprint density at radius 1 is 1.24 bits per heavy atom. The number of ether oxygens (including phenoxy) is 1. The van der Waals surface area contributed by atoms with E-state index < -0.39 is 0 Å². The second-order valence-corrected chi connectivity index (χ2v) is 7.53. The van der Waals surface area contributed by atoms with Gasteiger partial charge in [0.2, 0.25) is 11.8 Å². The molecular formula is C21H23N7O. The molecule has 0 saturated carbocycles. The van der Waals surface area contributed by atoms with Crippen LogP contribution < -0.4 is 10.1 Å². The number of hydrogen-bond donors (Lipinski definition) is 2. The molecule has 1 aliphatic heterocycles. The monoisotopic (exact) mass is 389 g/mol. The molecule has 0 bridgehead atoms. The van der Waals surface area contributed by atoms with Gasteiger partial charge in [-0.25, -0.2) is 0 Å². The van der Waals surface area contributed by atoms with Crippen molar-refractivity contribution < 1.29 is 4.74 Å². The highest BCUT2D eigenvalue weighted by atomic mass is 16.5. The third-order valence-corrected chi connectivity index (χ3v) is 5.47. The SMILES string of the molecule is COc1nc(N[C@@H]2CCCN(C)C2)nc2[nH]cc(-c3ccc4nnccc4c3)c12.